The number of hydrogen-bond acceptors (Lipinski definition) is 8. The predicted octanol–water partition coefficient (Wildman–Crippen LogP) is 5.68. The highest BCUT2D eigenvalue weighted by molar-refractivity contribution is 5.99. The molecule has 2 amide bonds. The van der Waals surface area contributed by atoms with E-state index in [-0.39, 0.29) is 29.7 Å². The van der Waals surface area contributed by atoms with Gasteiger partial charge in [0.15, 0.2) is 5.82 Å². The number of fused-ring (bicyclic) bond motifs is 1. The maximum Gasteiger partial charge on any atom is 0.416 e. The Labute approximate surface area is 278 Å². The van der Waals surface area contributed by atoms with E-state index in [0.29, 0.717) is 25.1 Å². The molecule has 11 nitrogen and oxygen atoms in total. The molecule has 5 N–H and O–H groups in total. The van der Waals surface area contributed by atoms with Crippen LogP contribution in [0.25, 0.3) is 22.2 Å². The van der Waals surface area contributed by atoms with Crippen molar-refractivity contribution in [2.45, 2.75) is 63.8 Å². The molecule has 256 valence electrons. The Morgan fingerprint density at radius 1 is 0.979 bits per heavy atom. The Morgan fingerprint density at radius 2 is 1.73 bits per heavy atom. The molecule has 0 atom stereocenters. The molecule has 1 saturated carbocycles. The summed E-state index contributed by atoms with van der Waals surface area (Å²) in [5.74, 6) is 0.865. The summed E-state index contributed by atoms with van der Waals surface area (Å²) in [7, 11) is 3.77. The SMILES string of the molecule is CCc1cc(-c2cc(NC(=O)Nc3ccc(CN4CCN(C)CC4)c(C(F)(F)F)c3)nn2C)cc2cnc(NC3CCC(N)CC3)nc12. The number of anilines is 3. The van der Waals surface area contributed by atoms with Gasteiger partial charge in [-0.05, 0) is 74.5 Å². The molecule has 6 rings (SSSR count). The highest BCUT2D eigenvalue weighted by Gasteiger charge is 2.34. The Morgan fingerprint density at radius 3 is 2.44 bits per heavy atom. The Kier molecular flexibility index (Phi) is 9.85. The van der Waals surface area contributed by atoms with E-state index in [0.717, 1.165) is 79.0 Å². The second-order valence-electron chi connectivity index (χ2n) is 12.9. The molecule has 0 spiro atoms. The van der Waals surface area contributed by atoms with Crippen molar-refractivity contribution in [3.05, 3.63) is 59.3 Å². The van der Waals surface area contributed by atoms with Crippen LogP contribution in [-0.2, 0) is 26.2 Å². The molecule has 1 aliphatic carbocycles. The number of rotatable bonds is 8. The van der Waals surface area contributed by atoms with Crippen molar-refractivity contribution >= 4 is 34.4 Å². The molecule has 48 heavy (non-hydrogen) atoms. The number of nitrogens with two attached hydrogens (primary N) is 1. The number of alkyl halides is 3. The van der Waals surface area contributed by atoms with Gasteiger partial charge in [0.25, 0.3) is 0 Å². The quantitative estimate of drug-likeness (QED) is 0.189. The fraction of sp³-hybridized carbons (Fsp3) is 0.471. The third-order valence-corrected chi connectivity index (χ3v) is 9.33. The Balaban J connectivity index is 1.15. The first-order chi connectivity index (χ1) is 22.9. The van der Waals surface area contributed by atoms with Crippen molar-refractivity contribution < 1.29 is 18.0 Å². The van der Waals surface area contributed by atoms with Gasteiger partial charge in [-0.15, -0.1) is 0 Å². The summed E-state index contributed by atoms with van der Waals surface area (Å²) in [4.78, 5) is 26.5. The van der Waals surface area contributed by atoms with E-state index in [1.807, 2.05) is 24.2 Å². The minimum Gasteiger partial charge on any atom is -0.351 e. The molecule has 14 heteroatoms. The normalized spacial score (nSPS) is 19.4. The van der Waals surface area contributed by atoms with Crippen LogP contribution < -0.4 is 21.7 Å². The van der Waals surface area contributed by atoms with Crippen molar-refractivity contribution in [1.82, 2.24) is 29.5 Å². The largest absolute Gasteiger partial charge is 0.416 e. The average Bonchev–Trinajstić information content (AvgIpc) is 3.42. The number of carbonyl (C=O) groups is 1. The van der Waals surface area contributed by atoms with Crippen molar-refractivity contribution in [3.63, 3.8) is 0 Å². The number of amides is 2. The molecule has 2 aliphatic rings. The van der Waals surface area contributed by atoms with Crippen LogP contribution in [0, 0.1) is 0 Å². The van der Waals surface area contributed by atoms with Crippen LogP contribution in [0.2, 0.25) is 0 Å². The highest BCUT2D eigenvalue weighted by atomic mass is 19.4. The molecule has 2 fully saturated rings. The zero-order chi connectivity index (χ0) is 34.0. The summed E-state index contributed by atoms with van der Waals surface area (Å²) in [6.45, 7) is 5.27. The average molecular weight is 665 g/mol. The number of aryl methyl sites for hydroxylation is 2. The molecule has 4 aromatic rings. The van der Waals surface area contributed by atoms with Gasteiger partial charge in [-0.3, -0.25) is 14.9 Å². The van der Waals surface area contributed by atoms with E-state index in [1.54, 1.807) is 17.8 Å². The number of urea groups is 1. The van der Waals surface area contributed by atoms with Crippen LogP contribution in [0.5, 0.6) is 0 Å². The maximum absolute atomic E-state index is 14.0. The maximum atomic E-state index is 14.0. The Bertz CT molecular complexity index is 1760. The summed E-state index contributed by atoms with van der Waals surface area (Å²) < 4.78 is 43.7. The molecule has 1 aliphatic heterocycles. The lowest BCUT2D eigenvalue weighted by molar-refractivity contribution is -0.138. The Hall–Kier alpha value is -4.27. The number of aromatic nitrogens is 4. The second-order valence-corrected chi connectivity index (χ2v) is 12.9. The van der Waals surface area contributed by atoms with Crippen molar-refractivity contribution in [2.75, 3.05) is 49.2 Å². The van der Waals surface area contributed by atoms with E-state index in [1.165, 1.54) is 12.1 Å². The van der Waals surface area contributed by atoms with Crippen molar-refractivity contribution in [1.29, 1.82) is 0 Å². The molecule has 2 aromatic heterocycles. The first kappa shape index (κ1) is 33.6. The summed E-state index contributed by atoms with van der Waals surface area (Å²) in [6.07, 6.45) is 1.97. The van der Waals surface area contributed by atoms with Gasteiger partial charge in [0.1, 0.15) is 0 Å². The van der Waals surface area contributed by atoms with Gasteiger partial charge in [0.05, 0.1) is 16.8 Å². The van der Waals surface area contributed by atoms with Gasteiger partial charge in [0.2, 0.25) is 5.95 Å². The van der Waals surface area contributed by atoms with Gasteiger partial charge in [-0.2, -0.15) is 18.3 Å². The standard InChI is InChI=1S/C34H43F3N10O/c1-4-21-15-23(16-24-19-39-32(43-31(21)24)40-26-9-6-25(38)7-10-26)29-18-30(44-46(29)3)42-33(48)41-27-8-5-22(28(17-27)34(35,36)37)20-47-13-11-45(2)12-14-47/h5,8,15-19,25-26H,4,6-7,9-14,20,38H2,1-3H3,(H,39,40,43)(H2,41,42,44,48). The number of carbonyl (C=O) groups excluding carboxylic acids is 1. The number of likely N-dealkylation sites (N-methyl/N-ethyl adjacent to an activating group) is 1. The van der Waals surface area contributed by atoms with E-state index in [2.05, 4.69) is 43.9 Å². The summed E-state index contributed by atoms with van der Waals surface area (Å²) in [6, 6.07) is 9.58. The molecular weight excluding hydrogens is 621 g/mol. The third-order valence-electron chi connectivity index (χ3n) is 9.33. The minimum absolute atomic E-state index is 0.0427. The molecule has 3 heterocycles. The van der Waals surface area contributed by atoms with Crippen molar-refractivity contribution in [2.24, 2.45) is 12.8 Å². The smallest absolute Gasteiger partial charge is 0.351 e. The topological polar surface area (TPSA) is 129 Å². The fourth-order valence-corrected chi connectivity index (χ4v) is 6.53. The van der Waals surface area contributed by atoms with E-state index in [9.17, 15) is 18.0 Å². The van der Waals surface area contributed by atoms with Gasteiger partial charge >= 0.3 is 12.2 Å². The van der Waals surface area contributed by atoms with E-state index >= 15 is 0 Å². The fourth-order valence-electron chi connectivity index (χ4n) is 6.53. The molecular formula is C34H43F3N10O. The highest BCUT2D eigenvalue weighted by Crippen LogP contribution is 2.35. The number of hydrogen-bond donors (Lipinski definition) is 4. The van der Waals surface area contributed by atoms with Gasteiger partial charge in [-0.25, -0.2) is 14.8 Å². The van der Waals surface area contributed by atoms with Crippen LogP contribution in [0.1, 0.15) is 49.3 Å². The van der Waals surface area contributed by atoms with Crippen LogP contribution in [0.4, 0.5) is 35.4 Å². The summed E-state index contributed by atoms with van der Waals surface area (Å²) in [5.41, 5.74) is 9.06. The number of nitrogens with zero attached hydrogens (tertiary/aromatic N) is 6. The minimum atomic E-state index is -4.56. The third kappa shape index (κ3) is 7.88. The van der Waals surface area contributed by atoms with E-state index < -0.39 is 17.8 Å². The molecule has 0 radical (unpaired) electrons. The van der Waals surface area contributed by atoms with Gasteiger partial charge < -0.3 is 21.3 Å². The van der Waals surface area contributed by atoms with E-state index in [4.69, 9.17) is 10.7 Å². The van der Waals surface area contributed by atoms with Gasteiger partial charge in [0, 0.05) is 80.8 Å². The number of halogens is 3. The first-order valence-electron chi connectivity index (χ1n) is 16.5. The number of benzene rings is 2. The van der Waals surface area contributed by atoms with Crippen LogP contribution >= 0.6 is 0 Å². The molecule has 2 aromatic carbocycles. The first-order valence-corrected chi connectivity index (χ1v) is 16.5. The number of nitrogens with one attached hydrogen (secondary N) is 3. The van der Waals surface area contributed by atoms with Gasteiger partial charge in [-0.1, -0.05) is 13.0 Å². The van der Waals surface area contributed by atoms with Crippen LogP contribution in [0.3, 0.4) is 0 Å². The zero-order valence-electron chi connectivity index (χ0n) is 27.6. The van der Waals surface area contributed by atoms with Crippen LogP contribution in [0.15, 0.2) is 42.6 Å². The molecule has 0 unspecified atom stereocenters. The molecule has 1 saturated heterocycles. The lowest BCUT2D eigenvalue weighted by atomic mass is 9.92. The second kappa shape index (κ2) is 14.1. The lowest BCUT2D eigenvalue weighted by Crippen LogP contribution is -2.44. The molecule has 0 bridgehead atoms. The lowest BCUT2D eigenvalue weighted by Gasteiger charge is -2.33. The number of piperazine rings is 1. The monoisotopic (exact) mass is 664 g/mol. The summed E-state index contributed by atoms with van der Waals surface area (Å²) >= 11 is 0. The summed E-state index contributed by atoms with van der Waals surface area (Å²) in [5, 5.41) is 14.0. The zero-order valence-corrected chi connectivity index (χ0v) is 27.6. The van der Waals surface area contributed by atoms with Crippen molar-refractivity contribution in [3.8, 4) is 11.3 Å². The van der Waals surface area contributed by atoms with Crippen LogP contribution in [-0.4, -0.2) is 80.9 Å². The predicted molar refractivity (Wildman–Crippen MR) is 182 cm³/mol.